The van der Waals surface area contributed by atoms with E-state index in [0.717, 1.165) is 36.6 Å². The van der Waals surface area contributed by atoms with Gasteiger partial charge < -0.3 is 9.64 Å². The van der Waals surface area contributed by atoms with Crippen molar-refractivity contribution in [1.82, 2.24) is 9.88 Å². The third-order valence-electron chi connectivity index (χ3n) is 4.16. The highest BCUT2D eigenvalue weighted by molar-refractivity contribution is 7.09. The lowest BCUT2D eigenvalue weighted by Gasteiger charge is -2.31. The van der Waals surface area contributed by atoms with Crippen LogP contribution in [0.3, 0.4) is 0 Å². The normalized spacial score (nSPS) is 19.1. The van der Waals surface area contributed by atoms with Crippen LogP contribution in [0.2, 0.25) is 0 Å². The molecular formula is C16H24N2O3S. The summed E-state index contributed by atoms with van der Waals surface area (Å²) in [4.78, 5) is 30.2. The number of ether oxygens (including phenoxy) is 1. The number of likely N-dealkylation sites (tertiary alicyclic amines) is 1. The minimum atomic E-state index is -0.736. The Morgan fingerprint density at radius 1 is 1.50 bits per heavy atom. The molecule has 2 rings (SSSR count). The average Bonchev–Trinajstić information content (AvgIpc) is 2.98. The van der Waals surface area contributed by atoms with Crippen LogP contribution in [-0.2, 0) is 19.7 Å². The number of rotatable bonds is 4. The van der Waals surface area contributed by atoms with Gasteiger partial charge in [-0.15, -0.1) is 11.3 Å². The Balaban J connectivity index is 2.14. The predicted molar refractivity (Wildman–Crippen MR) is 86.0 cm³/mol. The summed E-state index contributed by atoms with van der Waals surface area (Å²) in [5, 5.41) is 2.96. The van der Waals surface area contributed by atoms with Crippen LogP contribution in [0, 0.1) is 0 Å². The zero-order chi connectivity index (χ0) is 16.3. The molecule has 0 bridgehead atoms. The van der Waals surface area contributed by atoms with Gasteiger partial charge in [0.1, 0.15) is 5.41 Å². The van der Waals surface area contributed by atoms with E-state index < -0.39 is 5.41 Å². The number of carbonyl (C=O) groups excluding carboxylic acids is 2. The van der Waals surface area contributed by atoms with E-state index in [1.54, 1.807) is 25.2 Å². The van der Waals surface area contributed by atoms with Gasteiger partial charge in [-0.3, -0.25) is 9.59 Å². The second-order valence-electron chi connectivity index (χ2n) is 6.22. The van der Waals surface area contributed by atoms with Gasteiger partial charge in [-0.2, -0.15) is 0 Å². The lowest BCUT2D eigenvalue weighted by atomic mass is 9.90. The summed E-state index contributed by atoms with van der Waals surface area (Å²) in [6, 6.07) is 0. The van der Waals surface area contributed by atoms with E-state index in [1.165, 1.54) is 0 Å². The molecule has 6 heteroatoms. The third-order valence-corrected chi connectivity index (χ3v) is 5.17. The van der Waals surface area contributed by atoms with Crippen molar-refractivity contribution < 1.29 is 14.3 Å². The molecule has 0 N–H and O–H groups in total. The first kappa shape index (κ1) is 16.9. The predicted octanol–water partition coefficient (Wildman–Crippen LogP) is 2.71. The molecule has 0 unspecified atom stereocenters. The van der Waals surface area contributed by atoms with Gasteiger partial charge in [-0.05, 0) is 33.6 Å². The molecule has 1 aromatic rings. The van der Waals surface area contributed by atoms with Crippen LogP contribution >= 0.6 is 11.3 Å². The Morgan fingerprint density at radius 2 is 2.23 bits per heavy atom. The lowest BCUT2D eigenvalue weighted by Crippen LogP contribution is -2.37. The van der Waals surface area contributed by atoms with Crippen molar-refractivity contribution in [3.63, 3.8) is 0 Å². The summed E-state index contributed by atoms with van der Waals surface area (Å²) in [5.74, 6) is 0.142. The Labute approximate surface area is 135 Å². The molecule has 1 fully saturated rings. The summed E-state index contributed by atoms with van der Waals surface area (Å²) in [7, 11) is 0. The third kappa shape index (κ3) is 3.48. The highest BCUT2D eigenvalue weighted by Gasteiger charge is 2.35. The fourth-order valence-corrected chi connectivity index (χ4v) is 3.76. The molecule has 5 nitrogen and oxygen atoms in total. The maximum atomic E-state index is 12.1. The van der Waals surface area contributed by atoms with Crippen molar-refractivity contribution in [1.29, 1.82) is 0 Å². The minimum Gasteiger partial charge on any atom is -0.465 e. The van der Waals surface area contributed by atoms with Gasteiger partial charge in [0.25, 0.3) is 0 Å². The first-order chi connectivity index (χ1) is 10.4. The first-order valence-electron chi connectivity index (χ1n) is 7.75. The van der Waals surface area contributed by atoms with E-state index in [1.807, 2.05) is 24.1 Å². The van der Waals surface area contributed by atoms with Gasteiger partial charge in [0.05, 0.1) is 17.3 Å². The molecule has 1 amide bonds. The van der Waals surface area contributed by atoms with Gasteiger partial charge >= 0.3 is 5.97 Å². The van der Waals surface area contributed by atoms with Crippen LogP contribution in [0.25, 0.3) is 0 Å². The van der Waals surface area contributed by atoms with Crippen molar-refractivity contribution in [2.75, 3.05) is 19.7 Å². The van der Waals surface area contributed by atoms with Crippen molar-refractivity contribution in [2.45, 2.75) is 51.9 Å². The van der Waals surface area contributed by atoms with Crippen LogP contribution in [0.5, 0.6) is 0 Å². The Kier molecular flexibility index (Phi) is 5.21. The molecule has 122 valence electrons. The standard InChI is InChI=1S/C16H24N2O3S/c1-5-21-15(20)16(3,4)13-10-22-14(17-13)12-7-6-8-18(9-12)11(2)19/h10,12H,5-9H2,1-4H3/t12-/m0/s1. The zero-order valence-electron chi connectivity index (χ0n) is 13.7. The molecule has 1 atom stereocenters. The maximum Gasteiger partial charge on any atom is 0.317 e. The number of esters is 1. The van der Waals surface area contributed by atoms with E-state index in [-0.39, 0.29) is 17.8 Å². The number of hydrogen-bond donors (Lipinski definition) is 0. The van der Waals surface area contributed by atoms with Crippen molar-refractivity contribution >= 4 is 23.2 Å². The van der Waals surface area contributed by atoms with Crippen molar-refractivity contribution in [3.05, 3.63) is 16.1 Å². The zero-order valence-corrected chi connectivity index (χ0v) is 14.5. The second kappa shape index (κ2) is 6.77. The minimum absolute atomic E-state index is 0.119. The molecule has 1 aromatic heterocycles. The fraction of sp³-hybridized carbons (Fsp3) is 0.688. The van der Waals surface area contributed by atoms with E-state index in [4.69, 9.17) is 4.74 Å². The maximum absolute atomic E-state index is 12.1. The fourth-order valence-electron chi connectivity index (χ4n) is 2.64. The molecule has 0 radical (unpaired) electrons. The monoisotopic (exact) mass is 324 g/mol. The molecular weight excluding hydrogens is 300 g/mol. The Bertz CT molecular complexity index is 553. The Morgan fingerprint density at radius 3 is 2.86 bits per heavy atom. The SMILES string of the molecule is CCOC(=O)C(C)(C)c1csc([C@H]2CCCN(C(C)=O)C2)n1. The quantitative estimate of drug-likeness (QED) is 0.799. The highest BCUT2D eigenvalue weighted by atomic mass is 32.1. The summed E-state index contributed by atoms with van der Waals surface area (Å²) in [5.41, 5.74) is 0.0190. The van der Waals surface area contributed by atoms with Crippen LogP contribution < -0.4 is 0 Å². The largest absolute Gasteiger partial charge is 0.465 e. The average molecular weight is 324 g/mol. The summed E-state index contributed by atoms with van der Waals surface area (Å²) in [6.45, 7) is 9.02. The molecule has 0 saturated carbocycles. The van der Waals surface area contributed by atoms with E-state index >= 15 is 0 Å². The highest BCUT2D eigenvalue weighted by Crippen LogP contribution is 2.33. The number of piperidine rings is 1. The van der Waals surface area contributed by atoms with Gasteiger partial charge in [0, 0.05) is 31.3 Å². The summed E-state index contributed by atoms with van der Waals surface area (Å²) >= 11 is 1.58. The van der Waals surface area contributed by atoms with Gasteiger partial charge in [0.15, 0.2) is 0 Å². The van der Waals surface area contributed by atoms with Crippen LogP contribution in [0.1, 0.15) is 57.2 Å². The number of hydrogen-bond acceptors (Lipinski definition) is 5. The topological polar surface area (TPSA) is 59.5 Å². The van der Waals surface area contributed by atoms with Crippen LogP contribution in [0.15, 0.2) is 5.38 Å². The number of thiazole rings is 1. The number of amides is 1. The van der Waals surface area contributed by atoms with Gasteiger partial charge in [-0.1, -0.05) is 0 Å². The molecule has 2 heterocycles. The smallest absolute Gasteiger partial charge is 0.317 e. The van der Waals surface area contributed by atoms with Gasteiger partial charge in [-0.25, -0.2) is 4.98 Å². The number of nitrogens with zero attached hydrogens (tertiary/aromatic N) is 2. The van der Waals surface area contributed by atoms with Crippen LogP contribution in [-0.4, -0.2) is 41.5 Å². The molecule has 0 aromatic carbocycles. The molecule has 0 aliphatic carbocycles. The van der Waals surface area contributed by atoms with Crippen molar-refractivity contribution in [2.24, 2.45) is 0 Å². The van der Waals surface area contributed by atoms with E-state index in [9.17, 15) is 9.59 Å². The summed E-state index contributed by atoms with van der Waals surface area (Å²) < 4.78 is 5.14. The van der Waals surface area contributed by atoms with E-state index in [2.05, 4.69) is 4.98 Å². The molecule has 22 heavy (non-hydrogen) atoms. The van der Waals surface area contributed by atoms with Gasteiger partial charge in [0.2, 0.25) is 5.91 Å². The number of carbonyl (C=O) groups is 2. The lowest BCUT2D eigenvalue weighted by molar-refractivity contribution is -0.148. The van der Waals surface area contributed by atoms with Crippen LogP contribution in [0.4, 0.5) is 0 Å². The second-order valence-corrected chi connectivity index (χ2v) is 7.11. The van der Waals surface area contributed by atoms with E-state index in [0.29, 0.717) is 6.61 Å². The summed E-state index contributed by atoms with van der Waals surface area (Å²) in [6.07, 6.45) is 2.04. The first-order valence-corrected chi connectivity index (χ1v) is 8.62. The number of aromatic nitrogens is 1. The molecule has 1 saturated heterocycles. The molecule has 1 aliphatic heterocycles. The van der Waals surface area contributed by atoms with Crippen molar-refractivity contribution in [3.8, 4) is 0 Å². The molecule has 1 aliphatic rings. The Hall–Kier alpha value is -1.43. The molecule has 0 spiro atoms.